The minimum absolute atomic E-state index is 0.104. The van der Waals surface area contributed by atoms with Crippen LogP contribution in [0.15, 0.2) is 83.8 Å². The van der Waals surface area contributed by atoms with E-state index in [4.69, 9.17) is 21.7 Å². The van der Waals surface area contributed by atoms with Gasteiger partial charge in [-0.05, 0) is 36.4 Å². The van der Waals surface area contributed by atoms with E-state index in [0.717, 1.165) is 17.5 Å². The molecule has 0 unspecified atom stereocenters. The molecule has 1 aliphatic heterocycles. The number of ether oxygens (including phenoxy) is 2. The van der Waals surface area contributed by atoms with Gasteiger partial charge >= 0.3 is 0 Å². The molecule has 1 amide bonds. The van der Waals surface area contributed by atoms with Crippen molar-refractivity contribution in [2.24, 2.45) is 0 Å². The van der Waals surface area contributed by atoms with E-state index in [9.17, 15) is 14.9 Å². The van der Waals surface area contributed by atoms with E-state index in [2.05, 4.69) is 0 Å². The van der Waals surface area contributed by atoms with Crippen molar-refractivity contribution in [3.63, 3.8) is 0 Å². The highest BCUT2D eigenvalue weighted by Crippen LogP contribution is 2.37. The molecule has 1 aliphatic rings. The number of thiocarbonyl (C=S) groups is 1. The number of carbonyl (C=O) groups is 1. The average molecular weight is 479 g/mol. The second-order valence-electron chi connectivity index (χ2n) is 6.84. The highest BCUT2D eigenvalue weighted by atomic mass is 32.2. The first-order valence-corrected chi connectivity index (χ1v) is 11.2. The molecule has 0 aromatic heterocycles. The Balaban J connectivity index is 1.54. The fraction of sp³-hybridized carbons (Fsp3) is 0.0833. The quantitative estimate of drug-likeness (QED) is 0.140. The van der Waals surface area contributed by atoms with Gasteiger partial charge in [0.25, 0.3) is 11.6 Å². The maximum Gasteiger partial charge on any atom is 0.270 e. The van der Waals surface area contributed by atoms with Gasteiger partial charge in [-0.15, -0.1) is 0 Å². The second-order valence-corrected chi connectivity index (χ2v) is 8.52. The molecule has 166 valence electrons. The van der Waals surface area contributed by atoms with Gasteiger partial charge in [-0.25, -0.2) is 0 Å². The number of nitro groups is 1. The summed E-state index contributed by atoms with van der Waals surface area (Å²) >= 11 is 6.54. The summed E-state index contributed by atoms with van der Waals surface area (Å²) in [5.74, 6) is 0.831. The van der Waals surface area contributed by atoms with Gasteiger partial charge in [-0.1, -0.05) is 60.4 Å². The maximum atomic E-state index is 13.0. The number of non-ortho nitro benzene ring substituents is 1. The monoisotopic (exact) mass is 478 g/mol. The zero-order chi connectivity index (χ0) is 23.2. The van der Waals surface area contributed by atoms with Gasteiger partial charge in [0.05, 0.1) is 15.5 Å². The number of amides is 1. The van der Waals surface area contributed by atoms with Gasteiger partial charge in [-0.2, -0.15) is 0 Å². The van der Waals surface area contributed by atoms with E-state index in [1.54, 1.807) is 18.2 Å². The number of para-hydroxylation sites is 2. The van der Waals surface area contributed by atoms with Crippen molar-refractivity contribution in [1.29, 1.82) is 0 Å². The Kier molecular flexibility index (Phi) is 7.01. The first kappa shape index (κ1) is 22.5. The SMILES string of the molecule is O=C1/C(=C/c2cc([N+](=O)[O-])ccc2OCCOc2ccccc2)SC(=S)N1c1ccccc1. The van der Waals surface area contributed by atoms with Crippen LogP contribution in [0.4, 0.5) is 11.4 Å². The van der Waals surface area contributed by atoms with Crippen LogP contribution in [0.1, 0.15) is 5.56 Å². The van der Waals surface area contributed by atoms with Crippen molar-refractivity contribution >= 4 is 51.7 Å². The molecule has 9 heteroatoms. The van der Waals surface area contributed by atoms with Crippen LogP contribution in [0.5, 0.6) is 11.5 Å². The normalized spacial score (nSPS) is 14.5. The summed E-state index contributed by atoms with van der Waals surface area (Å²) in [5, 5.41) is 11.3. The van der Waals surface area contributed by atoms with Gasteiger partial charge in [0, 0.05) is 17.7 Å². The number of carbonyl (C=O) groups excluding carboxylic acids is 1. The molecular weight excluding hydrogens is 460 g/mol. The highest BCUT2D eigenvalue weighted by molar-refractivity contribution is 8.27. The Labute approximate surface area is 199 Å². The summed E-state index contributed by atoms with van der Waals surface area (Å²) < 4.78 is 11.8. The highest BCUT2D eigenvalue weighted by Gasteiger charge is 2.33. The molecule has 1 fully saturated rings. The van der Waals surface area contributed by atoms with Gasteiger partial charge < -0.3 is 9.47 Å². The Morgan fingerprint density at radius 3 is 2.33 bits per heavy atom. The molecule has 3 aromatic rings. The van der Waals surface area contributed by atoms with Gasteiger partial charge in [0.15, 0.2) is 4.32 Å². The van der Waals surface area contributed by atoms with Crippen LogP contribution in [0.2, 0.25) is 0 Å². The lowest BCUT2D eigenvalue weighted by atomic mass is 10.1. The first-order valence-electron chi connectivity index (χ1n) is 9.95. The zero-order valence-corrected chi connectivity index (χ0v) is 18.9. The van der Waals surface area contributed by atoms with Crippen LogP contribution in [0, 0.1) is 10.1 Å². The van der Waals surface area contributed by atoms with Crippen LogP contribution in [-0.4, -0.2) is 28.4 Å². The van der Waals surface area contributed by atoms with Gasteiger partial charge in [0.1, 0.15) is 24.7 Å². The molecule has 1 saturated heterocycles. The van der Waals surface area contributed by atoms with E-state index in [-0.39, 0.29) is 24.8 Å². The summed E-state index contributed by atoms with van der Waals surface area (Å²) in [5.41, 5.74) is 0.974. The molecule has 0 spiro atoms. The Morgan fingerprint density at radius 2 is 1.64 bits per heavy atom. The Bertz CT molecular complexity index is 1220. The summed E-state index contributed by atoms with van der Waals surface area (Å²) in [4.78, 5) is 25.6. The molecule has 0 atom stereocenters. The summed E-state index contributed by atoms with van der Waals surface area (Å²) in [7, 11) is 0. The number of benzene rings is 3. The minimum Gasteiger partial charge on any atom is -0.490 e. The lowest BCUT2D eigenvalue weighted by Gasteiger charge is -2.14. The smallest absolute Gasteiger partial charge is 0.270 e. The molecule has 0 bridgehead atoms. The lowest BCUT2D eigenvalue weighted by molar-refractivity contribution is -0.384. The van der Waals surface area contributed by atoms with E-state index in [0.29, 0.717) is 26.2 Å². The second kappa shape index (κ2) is 10.3. The predicted octanol–water partition coefficient (Wildman–Crippen LogP) is 5.46. The Hall–Kier alpha value is -3.69. The minimum atomic E-state index is -0.491. The van der Waals surface area contributed by atoms with Crippen LogP contribution >= 0.6 is 24.0 Å². The van der Waals surface area contributed by atoms with Crippen LogP contribution in [0.25, 0.3) is 6.08 Å². The largest absolute Gasteiger partial charge is 0.490 e. The number of rotatable bonds is 8. The van der Waals surface area contributed by atoms with E-state index in [1.165, 1.54) is 23.1 Å². The van der Waals surface area contributed by atoms with Crippen LogP contribution in [0.3, 0.4) is 0 Å². The summed E-state index contributed by atoms with van der Waals surface area (Å²) in [6.45, 7) is 0.509. The van der Waals surface area contributed by atoms with Gasteiger partial charge in [-0.3, -0.25) is 19.8 Å². The molecule has 1 heterocycles. The Morgan fingerprint density at radius 1 is 0.970 bits per heavy atom. The van der Waals surface area contributed by atoms with Crippen molar-refractivity contribution in [2.75, 3.05) is 18.1 Å². The number of nitro benzene ring substituents is 1. The molecule has 4 rings (SSSR count). The third-order valence-corrected chi connectivity index (χ3v) is 5.95. The van der Waals surface area contributed by atoms with Crippen LogP contribution in [-0.2, 0) is 4.79 Å². The number of anilines is 1. The predicted molar refractivity (Wildman–Crippen MR) is 133 cm³/mol. The molecule has 0 aliphatic carbocycles. The molecule has 0 radical (unpaired) electrons. The molecule has 7 nitrogen and oxygen atoms in total. The third-order valence-electron chi connectivity index (χ3n) is 4.65. The fourth-order valence-electron chi connectivity index (χ4n) is 3.13. The topological polar surface area (TPSA) is 81.9 Å². The van der Waals surface area contributed by atoms with E-state index < -0.39 is 4.92 Å². The molecule has 0 N–H and O–H groups in total. The lowest BCUT2D eigenvalue weighted by Crippen LogP contribution is -2.27. The number of hydrogen-bond acceptors (Lipinski definition) is 7. The summed E-state index contributed by atoms with van der Waals surface area (Å²) in [6, 6.07) is 22.7. The summed E-state index contributed by atoms with van der Waals surface area (Å²) in [6.07, 6.45) is 1.57. The molecule has 0 saturated carbocycles. The maximum absolute atomic E-state index is 13.0. The number of thioether (sulfide) groups is 1. The standard InChI is InChI=1S/C24H18N2O5S2/c27-23-22(33-24(32)25(23)18-7-3-1-4-8-18)16-17-15-19(26(28)29)11-12-21(17)31-14-13-30-20-9-5-2-6-10-20/h1-12,15-16H,13-14H2/b22-16-. The van der Waals surface area contributed by atoms with Crippen molar-refractivity contribution in [3.8, 4) is 11.5 Å². The zero-order valence-electron chi connectivity index (χ0n) is 17.2. The molecule has 3 aromatic carbocycles. The van der Waals surface area contributed by atoms with Crippen molar-refractivity contribution in [3.05, 3.63) is 99.4 Å². The van der Waals surface area contributed by atoms with Gasteiger partial charge in [0.2, 0.25) is 0 Å². The molecule has 33 heavy (non-hydrogen) atoms. The average Bonchev–Trinajstić information content (AvgIpc) is 3.11. The number of hydrogen-bond donors (Lipinski definition) is 0. The van der Waals surface area contributed by atoms with E-state index >= 15 is 0 Å². The van der Waals surface area contributed by atoms with Crippen molar-refractivity contribution in [1.82, 2.24) is 0 Å². The third kappa shape index (κ3) is 5.39. The van der Waals surface area contributed by atoms with Crippen LogP contribution < -0.4 is 14.4 Å². The number of nitrogens with zero attached hydrogens (tertiary/aromatic N) is 2. The van der Waals surface area contributed by atoms with Crippen molar-refractivity contribution < 1.29 is 19.2 Å². The first-order chi connectivity index (χ1) is 16.0. The molecular formula is C24H18N2O5S2. The fourth-order valence-corrected chi connectivity index (χ4v) is 4.42. The van der Waals surface area contributed by atoms with Crippen molar-refractivity contribution in [2.45, 2.75) is 0 Å². The van der Waals surface area contributed by atoms with E-state index in [1.807, 2.05) is 48.5 Å².